The summed E-state index contributed by atoms with van der Waals surface area (Å²) in [6, 6.07) is 3.01. The summed E-state index contributed by atoms with van der Waals surface area (Å²) in [4.78, 5) is 56.9. The number of hydrogen-bond donors (Lipinski definition) is 1. The zero-order valence-corrected chi connectivity index (χ0v) is 21.6. The molecule has 2 heterocycles. The summed E-state index contributed by atoms with van der Waals surface area (Å²) in [7, 11) is 0. The Morgan fingerprint density at radius 2 is 1.94 bits per heavy atom. The molecule has 0 atom stereocenters. The molecule has 0 unspecified atom stereocenters. The van der Waals surface area contributed by atoms with Gasteiger partial charge in [0.2, 0.25) is 5.91 Å². The van der Waals surface area contributed by atoms with Crippen LogP contribution < -0.4 is 10.9 Å². The molecule has 35 heavy (non-hydrogen) atoms. The number of nitro groups is 1. The number of rotatable bonds is 7. The van der Waals surface area contributed by atoms with Gasteiger partial charge in [0, 0.05) is 16.6 Å². The van der Waals surface area contributed by atoms with Crippen LogP contribution >= 0.6 is 11.8 Å². The first-order valence-corrected chi connectivity index (χ1v) is 11.6. The van der Waals surface area contributed by atoms with Crippen LogP contribution in [0.5, 0.6) is 0 Å². The third-order valence-electron chi connectivity index (χ3n) is 4.54. The van der Waals surface area contributed by atoms with Crippen LogP contribution in [0.4, 0.5) is 16.2 Å². The number of thioether (sulfide) groups is 1. The van der Waals surface area contributed by atoms with Crippen LogP contribution in [-0.2, 0) is 16.0 Å². The van der Waals surface area contributed by atoms with E-state index in [1.165, 1.54) is 23.9 Å². The Kier molecular flexibility index (Phi) is 8.55. The van der Waals surface area contributed by atoms with E-state index < -0.39 is 33.8 Å². The molecule has 2 aromatic rings. The smallest absolute Gasteiger partial charge is 0.412 e. The molecular formula is C23H29N5O6S. The highest BCUT2D eigenvalue weighted by Gasteiger charge is 2.27. The van der Waals surface area contributed by atoms with Gasteiger partial charge in [0.15, 0.2) is 5.82 Å². The molecule has 0 bridgehead atoms. The van der Waals surface area contributed by atoms with Gasteiger partial charge in [-0.05, 0) is 59.0 Å². The molecule has 1 N–H and O–H groups in total. The lowest BCUT2D eigenvalue weighted by Gasteiger charge is -2.22. The minimum atomic E-state index is -0.895. The average Bonchev–Trinajstić information content (AvgIpc) is 2.68. The van der Waals surface area contributed by atoms with Crippen molar-refractivity contribution in [2.75, 3.05) is 5.32 Å². The standard InChI is InChI=1S/C23H29N5O6S/c1-12(2)35-17-9-13(3)27(21(30)19(17)28(32)33)20-16(26-22(31)34-23(5,6)7)10-15(14(4)25-20)11-18(29)24-8/h9-10,12H,8,11H2,1-7H3,(H,26,31). The SMILES string of the molecule is C=NC(=O)Cc1cc(NC(=O)OC(C)(C)C)c(-n2c(C)cc(SC(C)C)c([N+](=O)[O-])c2=O)nc1C. The summed E-state index contributed by atoms with van der Waals surface area (Å²) < 4.78 is 6.39. The zero-order chi connectivity index (χ0) is 26.7. The molecule has 11 nitrogen and oxygen atoms in total. The van der Waals surface area contributed by atoms with E-state index in [-0.39, 0.29) is 28.1 Å². The Hall–Kier alpha value is -3.54. The van der Waals surface area contributed by atoms with Crippen LogP contribution in [0, 0.1) is 24.0 Å². The monoisotopic (exact) mass is 503 g/mol. The number of nitrogens with zero attached hydrogens (tertiary/aromatic N) is 4. The number of anilines is 1. The lowest BCUT2D eigenvalue weighted by atomic mass is 10.1. The molecular weight excluding hydrogens is 474 g/mol. The Morgan fingerprint density at radius 3 is 2.46 bits per heavy atom. The molecule has 0 radical (unpaired) electrons. The first-order chi connectivity index (χ1) is 16.1. The summed E-state index contributed by atoms with van der Waals surface area (Å²) in [6.45, 7) is 15.2. The van der Waals surface area contributed by atoms with Gasteiger partial charge < -0.3 is 4.74 Å². The molecule has 0 aromatic carbocycles. The number of hydrogen-bond acceptors (Lipinski definition) is 8. The highest BCUT2D eigenvalue weighted by Crippen LogP contribution is 2.32. The number of ether oxygens (including phenoxy) is 1. The van der Waals surface area contributed by atoms with Gasteiger partial charge in [0.25, 0.3) is 0 Å². The van der Waals surface area contributed by atoms with Crippen molar-refractivity contribution in [2.45, 2.75) is 70.6 Å². The van der Waals surface area contributed by atoms with Gasteiger partial charge in [0.1, 0.15) is 5.60 Å². The van der Waals surface area contributed by atoms with Crippen molar-refractivity contribution >= 4 is 41.9 Å². The second-order valence-electron chi connectivity index (χ2n) is 9.02. The molecule has 0 saturated heterocycles. The normalized spacial score (nSPS) is 11.3. The minimum Gasteiger partial charge on any atom is -0.444 e. The number of aryl methyl sites for hydroxylation is 2. The summed E-state index contributed by atoms with van der Waals surface area (Å²) >= 11 is 1.20. The van der Waals surface area contributed by atoms with Crippen LogP contribution in [0.15, 0.2) is 26.8 Å². The van der Waals surface area contributed by atoms with E-state index in [4.69, 9.17) is 4.74 Å². The summed E-state index contributed by atoms with van der Waals surface area (Å²) in [5, 5.41) is 14.4. The van der Waals surface area contributed by atoms with Crippen LogP contribution in [-0.4, -0.2) is 44.0 Å². The first-order valence-electron chi connectivity index (χ1n) is 10.7. The number of aliphatic imine (C=N–C) groups is 1. The van der Waals surface area contributed by atoms with Crippen LogP contribution in [0.1, 0.15) is 51.6 Å². The number of amides is 2. The average molecular weight is 504 g/mol. The zero-order valence-electron chi connectivity index (χ0n) is 20.8. The molecule has 0 fully saturated rings. The highest BCUT2D eigenvalue weighted by molar-refractivity contribution is 8.00. The minimum absolute atomic E-state index is 0.00315. The van der Waals surface area contributed by atoms with Crippen LogP contribution in [0.2, 0.25) is 0 Å². The molecule has 0 saturated carbocycles. The van der Waals surface area contributed by atoms with Gasteiger partial charge >= 0.3 is 17.3 Å². The lowest BCUT2D eigenvalue weighted by Crippen LogP contribution is -2.30. The number of nitrogens with one attached hydrogen (secondary N) is 1. The largest absolute Gasteiger partial charge is 0.444 e. The van der Waals surface area contributed by atoms with Crippen molar-refractivity contribution < 1.29 is 19.2 Å². The van der Waals surface area contributed by atoms with Crippen molar-refractivity contribution in [2.24, 2.45) is 4.99 Å². The van der Waals surface area contributed by atoms with Gasteiger partial charge in [-0.15, -0.1) is 11.8 Å². The molecule has 0 spiro atoms. The fourth-order valence-electron chi connectivity index (χ4n) is 3.18. The molecule has 12 heteroatoms. The quantitative estimate of drug-likeness (QED) is 0.254. The molecule has 188 valence electrons. The van der Waals surface area contributed by atoms with Gasteiger partial charge in [0.05, 0.1) is 21.9 Å². The number of pyridine rings is 2. The van der Waals surface area contributed by atoms with E-state index >= 15 is 0 Å². The van der Waals surface area contributed by atoms with E-state index in [1.54, 1.807) is 34.6 Å². The summed E-state index contributed by atoms with van der Waals surface area (Å²) in [6.07, 6.45) is -0.959. The topological polar surface area (TPSA) is 146 Å². The van der Waals surface area contributed by atoms with Gasteiger partial charge in [-0.3, -0.25) is 29.6 Å². The molecule has 0 aliphatic carbocycles. The van der Waals surface area contributed by atoms with Crippen molar-refractivity contribution in [1.29, 1.82) is 0 Å². The molecule has 2 amide bonds. The summed E-state index contributed by atoms with van der Waals surface area (Å²) in [5.74, 6) is -0.548. The Balaban J connectivity index is 2.81. The number of carbonyl (C=O) groups excluding carboxylic acids is 2. The number of carbonyl (C=O) groups is 2. The van der Waals surface area contributed by atoms with E-state index in [1.807, 2.05) is 13.8 Å². The van der Waals surface area contributed by atoms with E-state index in [2.05, 4.69) is 22.0 Å². The van der Waals surface area contributed by atoms with E-state index in [0.717, 1.165) is 4.57 Å². The number of aromatic nitrogens is 2. The second-order valence-corrected chi connectivity index (χ2v) is 10.6. The van der Waals surface area contributed by atoms with Crippen LogP contribution in [0.25, 0.3) is 5.82 Å². The van der Waals surface area contributed by atoms with Gasteiger partial charge in [-0.25, -0.2) is 14.8 Å². The molecule has 2 rings (SSSR count). The fraction of sp³-hybridized carbons (Fsp3) is 0.435. The highest BCUT2D eigenvalue weighted by atomic mass is 32.2. The summed E-state index contributed by atoms with van der Waals surface area (Å²) in [5.41, 5.74) is -1.07. The van der Waals surface area contributed by atoms with E-state index in [0.29, 0.717) is 17.0 Å². The van der Waals surface area contributed by atoms with Crippen molar-refractivity contribution in [3.63, 3.8) is 0 Å². The van der Waals surface area contributed by atoms with Crippen molar-refractivity contribution in [3.8, 4) is 5.82 Å². The molecule has 0 aliphatic rings. The second kappa shape index (κ2) is 10.8. The fourth-order valence-corrected chi connectivity index (χ4v) is 4.20. The molecule has 2 aromatic heterocycles. The van der Waals surface area contributed by atoms with E-state index in [9.17, 15) is 24.5 Å². The Labute approximate surface area is 207 Å². The maximum absolute atomic E-state index is 13.4. The predicted octanol–water partition coefficient (Wildman–Crippen LogP) is 4.37. The first kappa shape index (κ1) is 27.7. The third-order valence-corrected chi connectivity index (χ3v) is 5.58. The Morgan fingerprint density at radius 1 is 1.31 bits per heavy atom. The van der Waals surface area contributed by atoms with Crippen LogP contribution in [0.3, 0.4) is 0 Å². The third kappa shape index (κ3) is 6.98. The Bertz CT molecular complexity index is 1250. The van der Waals surface area contributed by atoms with Gasteiger partial charge in [-0.1, -0.05) is 13.8 Å². The van der Waals surface area contributed by atoms with Crippen molar-refractivity contribution in [3.05, 3.63) is 49.6 Å². The maximum atomic E-state index is 13.4. The van der Waals surface area contributed by atoms with Crippen molar-refractivity contribution in [1.82, 2.24) is 9.55 Å². The predicted molar refractivity (Wildman–Crippen MR) is 135 cm³/mol. The molecule has 0 aliphatic heterocycles. The lowest BCUT2D eigenvalue weighted by molar-refractivity contribution is -0.389. The maximum Gasteiger partial charge on any atom is 0.412 e. The van der Waals surface area contributed by atoms with Gasteiger partial charge in [-0.2, -0.15) is 0 Å².